The van der Waals surface area contributed by atoms with E-state index in [1.165, 1.54) is 0 Å². The molecular formula is C15H22ClN5O. The van der Waals surface area contributed by atoms with Crippen LogP contribution in [0.25, 0.3) is 5.65 Å². The van der Waals surface area contributed by atoms with Crippen molar-refractivity contribution in [2.75, 3.05) is 6.54 Å². The Balaban J connectivity index is 0.00000176. The van der Waals surface area contributed by atoms with Crippen LogP contribution in [0.5, 0.6) is 0 Å². The molecule has 1 aliphatic rings. The summed E-state index contributed by atoms with van der Waals surface area (Å²) in [4.78, 5) is 17.1. The minimum absolute atomic E-state index is 0. The van der Waals surface area contributed by atoms with Crippen LogP contribution in [0.1, 0.15) is 40.3 Å². The van der Waals surface area contributed by atoms with E-state index in [-0.39, 0.29) is 24.4 Å². The molecule has 0 aliphatic heterocycles. The normalized spacial score (nSPS) is 15.5. The number of nitrogens with zero attached hydrogens (tertiary/aromatic N) is 3. The fourth-order valence-electron chi connectivity index (χ4n) is 2.80. The molecule has 1 saturated carbocycles. The van der Waals surface area contributed by atoms with Crippen molar-refractivity contribution in [1.29, 1.82) is 0 Å². The summed E-state index contributed by atoms with van der Waals surface area (Å²) in [5.41, 5.74) is 9.48. The molecule has 2 aromatic rings. The second kappa shape index (κ2) is 6.22. The fraction of sp³-hybridized carbons (Fsp3) is 0.533. The minimum Gasteiger partial charge on any atom is -0.348 e. The fourth-order valence-corrected chi connectivity index (χ4v) is 2.80. The highest BCUT2D eigenvalue weighted by Crippen LogP contribution is 2.32. The molecule has 7 heteroatoms. The average molecular weight is 324 g/mol. The Morgan fingerprint density at radius 2 is 2.14 bits per heavy atom. The zero-order valence-electron chi connectivity index (χ0n) is 13.1. The SMILES string of the molecule is Cc1cc(C)n2nc(C)c(C(=O)NC(CN)C3CC3)c2n1.Cl. The maximum Gasteiger partial charge on any atom is 0.257 e. The lowest BCUT2D eigenvalue weighted by molar-refractivity contribution is 0.0934. The molecule has 0 spiro atoms. The summed E-state index contributed by atoms with van der Waals surface area (Å²) < 4.78 is 1.73. The molecule has 3 N–H and O–H groups in total. The lowest BCUT2D eigenvalue weighted by Crippen LogP contribution is -2.41. The summed E-state index contributed by atoms with van der Waals surface area (Å²) in [6, 6.07) is 2.01. The Bertz CT molecular complexity index is 708. The van der Waals surface area contributed by atoms with Crippen molar-refractivity contribution in [2.45, 2.75) is 39.7 Å². The first-order valence-corrected chi connectivity index (χ1v) is 7.35. The lowest BCUT2D eigenvalue weighted by Gasteiger charge is -2.15. The first kappa shape index (κ1) is 16.7. The van der Waals surface area contributed by atoms with E-state index in [1.807, 2.05) is 26.8 Å². The Morgan fingerprint density at radius 1 is 1.45 bits per heavy atom. The van der Waals surface area contributed by atoms with Gasteiger partial charge in [-0.3, -0.25) is 4.79 Å². The summed E-state index contributed by atoms with van der Waals surface area (Å²) in [6.07, 6.45) is 2.29. The van der Waals surface area contributed by atoms with Crippen molar-refractivity contribution < 1.29 is 4.79 Å². The molecule has 6 nitrogen and oxygen atoms in total. The van der Waals surface area contributed by atoms with E-state index in [0.717, 1.165) is 24.2 Å². The van der Waals surface area contributed by atoms with Gasteiger partial charge in [0.2, 0.25) is 0 Å². The van der Waals surface area contributed by atoms with Gasteiger partial charge in [0.05, 0.1) is 5.69 Å². The first-order chi connectivity index (χ1) is 10.0. The van der Waals surface area contributed by atoms with Crippen molar-refractivity contribution in [3.63, 3.8) is 0 Å². The van der Waals surface area contributed by atoms with Gasteiger partial charge in [0.25, 0.3) is 5.91 Å². The summed E-state index contributed by atoms with van der Waals surface area (Å²) in [5, 5.41) is 7.48. The van der Waals surface area contributed by atoms with Crippen molar-refractivity contribution >= 4 is 24.0 Å². The van der Waals surface area contributed by atoms with Gasteiger partial charge in [-0.25, -0.2) is 9.50 Å². The molecule has 1 fully saturated rings. The number of aromatic nitrogens is 3. The van der Waals surface area contributed by atoms with Gasteiger partial charge in [0.1, 0.15) is 5.56 Å². The number of hydrogen-bond donors (Lipinski definition) is 2. The molecule has 0 aromatic carbocycles. The van der Waals surface area contributed by atoms with E-state index in [9.17, 15) is 4.79 Å². The minimum atomic E-state index is -0.123. The lowest BCUT2D eigenvalue weighted by atomic mass is 10.1. The van der Waals surface area contributed by atoms with Gasteiger partial charge < -0.3 is 11.1 Å². The number of carbonyl (C=O) groups excluding carboxylic acids is 1. The maximum atomic E-state index is 12.6. The molecule has 120 valence electrons. The second-order valence-electron chi connectivity index (χ2n) is 5.89. The highest BCUT2D eigenvalue weighted by Gasteiger charge is 2.32. The van der Waals surface area contributed by atoms with E-state index in [2.05, 4.69) is 15.4 Å². The molecule has 22 heavy (non-hydrogen) atoms. The molecule has 1 unspecified atom stereocenters. The van der Waals surface area contributed by atoms with Crippen molar-refractivity contribution in [1.82, 2.24) is 19.9 Å². The van der Waals surface area contributed by atoms with Crippen molar-refractivity contribution in [2.24, 2.45) is 11.7 Å². The standard InChI is InChI=1S/C15H21N5O.ClH/c1-8-6-9(2)20-14(17-8)13(10(3)19-20)15(21)18-12(7-16)11-4-5-11;/h6,11-12H,4-5,7,16H2,1-3H3,(H,18,21);1H. The second-order valence-corrected chi connectivity index (χ2v) is 5.89. The van der Waals surface area contributed by atoms with Crippen LogP contribution in [0.4, 0.5) is 0 Å². The van der Waals surface area contributed by atoms with Gasteiger partial charge >= 0.3 is 0 Å². The van der Waals surface area contributed by atoms with E-state index in [4.69, 9.17) is 5.73 Å². The predicted molar refractivity (Wildman–Crippen MR) is 87.5 cm³/mol. The number of halogens is 1. The quantitative estimate of drug-likeness (QED) is 0.893. The van der Waals surface area contributed by atoms with Crippen LogP contribution in [0.3, 0.4) is 0 Å². The van der Waals surface area contributed by atoms with Crippen LogP contribution in [-0.2, 0) is 0 Å². The summed E-state index contributed by atoms with van der Waals surface area (Å²) >= 11 is 0. The van der Waals surface area contributed by atoms with E-state index >= 15 is 0 Å². The molecule has 2 heterocycles. The summed E-state index contributed by atoms with van der Waals surface area (Å²) in [7, 11) is 0. The number of nitrogens with one attached hydrogen (secondary N) is 1. The van der Waals surface area contributed by atoms with Gasteiger partial charge in [0.15, 0.2) is 5.65 Å². The zero-order chi connectivity index (χ0) is 15.1. The van der Waals surface area contributed by atoms with Crippen LogP contribution in [-0.4, -0.2) is 33.1 Å². The third-order valence-corrected chi connectivity index (χ3v) is 4.06. The monoisotopic (exact) mass is 323 g/mol. The molecule has 0 saturated heterocycles. The smallest absolute Gasteiger partial charge is 0.257 e. The Morgan fingerprint density at radius 3 is 2.73 bits per heavy atom. The van der Waals surface area contributed by atoms with E-state index in [0.29, 0.717) is 29.4 Å². The molecule has 1 amide bonds. The van der Waals surface area contributed by atoms with Gasteiger partial charge in [0, 0.05) is 24.0 Å². The van der Waals surface area contributed by atoms with Crippen molar-refractivity contribution in [3.8, 4) is 0 Å². The number of rotatable bonds is 4. The number of carbonyl (C=O) groups is 1. The van der Waals surface area contributed by atoms with E-state index < -0.39 is 0 Å². The molecule has 1 atom stereocenters. The van der Waals surface area contributed by atoms with E-state index in [1.54, 1.807) is 4.52 Å². The van der Waals surface area contributed by atoms with Crippen molar-refractivity contribution in [3.05, 3.63) is 28.7 Å². The Kier molecular flexibility index (Phi) is 4.72. The first-order valence-electron chi connectivity index (χ1n) is 7.35. The Hall–Kier alpha value is -1.66. The molecule has 2 aromatic heterocycles. The number of hydrogen-bond acceptors (Lipinski definition) is 4. The van der Waals surface area contributed by atoms with Crippen LogP contribution in [0, 0.1) is 26.7 Å². The van der Waals surface area contributed by atoms with Gasteiger partial charge in [-0.2, -0.15) is 5.10 Å². The molecule has 0 bridgehead atoms. The molecule has 1 aliphatic carbocycles. The van der Waals surface area contributed by atoms with Gasteiger partial charge in [-0.1, -0.05) is 0 Å². The number of nitrogens with two attached hydrogens (primary N) is 1. The van der Waals surface area contributed by atoms with Crippen LogP contribution in [0.15, 0.2) is 6.07 Å². The predicted octanol–water partition coefficient (Wildman–Crippen LogP) is 1.54. The zero-order valence-corrected chi connectivity index (χ0v) is 13.9. The number of amides is 1. The summed E-state index contributed by atoms with van der Waals surface area (Å²) in [5.74, 6) is 0.403. The molecule has 0 radical (unpaired) electrons. The van der Waals surface area contributed by atoms with Crippen LogP contribution in [0.2, 0.25) is 0 Å². The average Bonchev–Trinajstić information content (AvgIpc) is 3.19. The third kappa shape index (κ3) is 2.94. The Labute approximate surface area is 135 Å². The third-order valence-electron chi connectivity index (χ3n) is 4.06. The highest BCUT2D eigenvalue weighted by atomic mass is 35.5. The summed E-state index contributed by atoms with van der Waals surface area (Å²) in [6.45, 7) is 6.19. The number of aryl methyl sites for hydroxylation is 3. The van der Waals surface area contributed by atoms with Gasteiger partial charge in [-0.05, 0) is 45.6 Å². The molecular weight excluding hydrogens is 302 g/mol. The highest BCUT2D eigenvalue weighted by molar-refractivity contribution is 6.01. The maximum absolute atomic E-state index is 12.6. The van der Waals surface area contributed by atoms with Crippen LogP contribution < -0.4 is 11.1 Å². The largest absolute Gasteiger partial charge is 0.348 e. The molecule has 3 rings (SSSR count). The number of fused-ring (bicyclic) bond motifs is 1. The van der Waals surface area contributed by atoms with Gasteiger partial charge in [-0.15, -0.1) is 12.4 Å². The topological polar surface area (TPSA) is 85.3 Å². The van der Waals surface area contributed by atoms with Crippen LogP contribution >= 0.6 is 12.4 Å².